The average Bonchev–Trinajstić information content (AvgIpc) is 2.91. The van der Waals surface area contributed by atoms with Gasteiger partial charge in [-0.2, -0.15) is 0 Å². The summed E-state index contributed by atoms with van der Waals surface area (Å²) in [4.78, 5) is 25.4. The first-order chi connectivity index (χ1) is 9.82. The lowest BCUT2D eigenvalue weighted by atomic mass is 10.0. The molecule has 0 bridgehead atoms. The topological polar surface area (TPSA) is 69.6 Å². The standard InChI is InChI=1S/C16H30N2O3/c1-11(2)9-10-18(14-7-5-6-8-14)16(21)17-13(4)12(3)15(19)20/h11-14H,5-10H2,1-4H3,(H,17,21)(H,19,20). The lowest BCUT2D eigenvalue weighted by molar-refractivity contribution is -0.141. The van der Waals surface area contributed by atoms with E-state index in [9.17, 15) is 9.59 Å². The van der Waals surface area contributed by atoms with E-state index in [0.29, 0.717) is 12.0 Å². The van der Waals surface area contributed by atoms with Gasteiger partial charge in [-0.1, -0.05) is 26.7 Å². The third-order valence-corrected chi connectivity index (χ3v) is 4.46. The van der Waals surface area contributed by atoms with Crippen LogP contribution in [0.4, 0.5) is 4.79 Å². The Balaban J connectivity index is 2.63. The van der Waals surface area contributed by atoms with Gasteiger partial charge in [-0.25, -0.2) is 4.79 Å². The molecule has 1 aliphatic carbocycles. The van der Waals surface area contributed by atoms with E-state index in [0.717, 1.165) is 25.8 Å². The molecule has 21 heavy (non-hydrogen) atoms. The first-order valence-electron chi connectivity index (χ1n) is 8.12. The Morgan fingerprint density at radius 1 is 1.19 bits per heavy atom. The minimum atomic E-state index is -0.877. The largest absolute Gasteiger partial charge is 0.481 e. The van der Waals surface area contributed by atoms with E-state index in [1.807, 2.05) is 4.90 Å². The molecule has 2 N–H and O–H groups in total. The molecule has 0 heterocycles. The number of carboxylic acids is 1. The van der Waals surface area contributed by atoms with Crippen LogP contribution in [-0.4, -0.2) is 40.6 Å². The molecule has 5 nitrogen and oxygen atoms in total. The summed E-state index contributed by atoms with van der Waals surface area (Å²) in [6, 6.07) is -0.155. The Hall–Kier alpha value is -1.26. The van der Waals surface area contributed by atoms with Crippen LogP contribution in [0.15, 0.2) is 0 Å². The summed E-state index contributed by atoms with van der Waals surface area (Å²) in [6.07, 6.45) is 5.46. The van der Waals surface area contributed by atoms with Crippen molar-refractivity contribution in [3.05, 3.63) is 0 Å². The van der Waals surface area contributed by atoms with Gasteiger partial charge in [0.25, 0.3) is 0 Å². The molecule has 5 heteroatoms. The van der Waals surface area contributed by atoms with Crippen LogP contribution in [-0.2, 0) is 4.79 Å². The summed E-state index contributed by atoms with van der Waals surface area (Å²) in [5.74, 6) is -0.904. The third kappa shape index (κ3) is 5.56. The van der Waals surface area contributed by atoms with Gasteiger partial charge in [0.05, 0.1) is 5.92 Å². The molecule has 0 aromatic rings. The van der Waals surface area contributed by atoms with Gasteiger partial charge in [-0.05, 0) is 39.0 Å². The molecule has 0 radical (unpaired) electrons. The van der Waals surface area contributed by atoms with Crippen LogP contribution in [0.2, 0.25) is 0 Å². The molecule has 1 saturated carbocycles. The number of nitrogens with one attached hydrogen (secondary N) is 1. The molecular formula is C16H30N2O3. The predicted molar refractivity (Wildman–Crippen MR) is 83.2 cm³/mol. The zero-order valence-electron chi connectivity index (χ0n) is 13.8. The highest BCUT2D eigenvalue weighted by molar-refractivity contribution is 5.77. The van der Waals surface area contributed by atoms with Crippen molar-refractivity contribution in [2.24, 2.45) is 11.8 Å². The Morgan fingerprint density at radius 3 is 2.24 bits per heavy atom. The fraction of sp³-hybridized carbons (Fsp3) is 0.875. The highest BCUT2D eigenvalue weighted by atomic mass is 16.4. The second kappa shape index (κ2) is 8.25. The summed E-state index contributed by atoms with van der Waals surface area (Å²) in [7, 11) is 0. The van der Waals surface area contributed by atoms with Crippen molar-refractivity contribution in [2.75, 3.05) is 6.54 Å². The van der Waals surface area contributed by atoms with Crippen molar-refractivity contribution in [1.29, 1.82) is 0 Å². The molecule has 2 unspecified atom stereocenters. The molecule has 0 spiro atoms. The lowest BCUT2D eigenvalue weighted by Crippen LogP contribution is -2.50. The maximum absolute atomic E-state index is 12.5. The van der Waals surface area contributed by atoms with Gasteiger partial charge in [0.1, 0.15) is 0 Å². The zero-order chi connectivity index (χ0) is 16.0. The number of aliphatic carboxylic acids is 1. The number of amides is 2. The minimum absolute atomic E-state index is 0.108. The lowest BCUT2D eigenvalue weighted by Gasteiger charge is -2.31. The highest BCUT2D eigenvalue weighted by Gasteiger charge is 2.29. The SMILES string of the molecule is CC(C)CCN(C(=O)NC(C)C(C)C(=O)O)C1CCCC1. The average molecular weight is 298 g/mol. The second-order valence-electron chi connectivity index (χ2n) is 6.68. The van der Waals surface area contributed by atoms with E-state index < -0.39 is 11.9 Å². The number of hydrogen-bond acceptors (Lipinski definition) is 2. The van der Waals surface area contributed by atoms with E-state index in [-0.39, 0.29) is 12.1 Å². The number of carbonyl (C=O) groups is 2. The van der Waals surface area contributed by atoms with Gasteiger partial charge < -0.3 is 15.3 Å². The van der Waals surface area contributed by atoms with Crippen molar-refractivity contribution in [3.8, 4) is 0 Å². The molecular weight excluding hydrogens is 268 g/mol. The first-order valence-corrected chi connectivity index (χ1v) is 8.12. The first kappa shape index (κ1) is 17.8. The maximum atomic E-state index is 12.5. The highest BCUT2D eigenvalue weighted by Crippen LogP contribution is 2.24. The smallest absolute Gasteiger partial charge is 0.317 e. The minimum Gasteiger partial charge on any atom is -0.481 e. The predicted octanol–water partition coefficient (Wildman–Crippen LogP) is 3.10. The Labute approximate surface area is 128 Å². The van der Waals surface area contributed by atoms with Gasteiger partial charge >= 0.3 is 12.0 Å². The molecule has 1 aliphatic rings. The van der Waals surface area contributed by atoms with Crippen LogP contribution in [0, 0.1) is 11.8 Å². The van der Waals surface area contributed by atoms with E-state index in [4.69, 9.17) is 5.11 Å². The van der Waals surface area contributed by atoms with Gasteiger partial charge in [0.2, 0.25) is 0 Å². The molecule has 1 rings (SSSR count). The number of carboxylic acid groups (broad SMARTS) is 1. The zero-order valence-corrected chi connectivity index (χ0v) is 13.8. The summed E-state index contributed by atoms with van der Waals surface area (Å²) in [6.45, 7) is 8.44. The van der Waals surface area contributed by atoms with Crippen molar-refractivity contribution in [1.82, 2.24) is 10.2 Å². The van der Waals surface area contributed by atoms with Gasteiger partial charge in [-0.15, -0.1) is 0 Å². The van der Waals surface area contributed by atoms with Gasteiger partial charge in [0.15, 0.2) is 0 Å². The van der Waals surface area contributed by atoms with E-state index in [1.54, 1.807) is 13.8 Å². The summed E-state index contributed by atoms with van der Waals surface area (Å²) >= 11 is 0. The number of urea groups is 1. The monoisotopic (exact) mass is 298 g/mol. The number of carbonyl (C=O) groups excluding carboxylic acids is 1. The Kier molecular flexibility index (Phi) is 6.99. The van der Waals surface area contributed by atoms with Crippen LogP contribution < -0.4 is 5.32 Å². The molecule has 1 fully saturated rings. The molecule has 0 aromatic carbocycles. The van der Waals surface area contributed by atoms with Crippen LogP contribution in [0.5, 0.6) is 0 Å². The summed E-state index contributed by atoms with van der Waals surface area (Å²) < 4.78 is 0. The molecule has 2 amide bonds. The number of rotatable bonds is 7. The Bertz CT molecular complexity index is 351. The molecule has 0 aromatic heterocycles. The maximum Gasteiger partial charge on any atom is 0.317 e. The molecule has 0 aliphatic heterocycles. The molecule has 2 atom stereocenters. The normalized spacial score (nSPS) is 18.5. The summed E-state index contributed by atoms with van der Waals surface area (Å²) in [5.41, 5.74) is 0. The quantitative estimate of drug-likeness (QED) is 0.759. The third-order valence-electron chi connectivity index (χ3n) is 4.46. The summed E-state index contributed by atoms with van der Waals surface area (Å²) in [5, 5.41) is 11.9. The van der Waals surface area contributed by atoms with Crippen molar-refractivity contribution >= 4 is 12.0 Å². The Morgan fingerprint density at radius 2 is 1.76 bits per heavy atom. The van der Waals surface area contributed by atoms with Crippen LogP contribution in [0.1, 0.15) is 59.8 Å². The van der Waals surface area contributed by atoms with Crippen LogP contribution >= 0.6 is 0 Å². The van der Waals surface area contributed by atoms with Crippen LogP contribution in [0.25, 0.3) is 0 Å². The van der Waals surface area contributed by atoms with Crippen molar-refractivity contribution in [3.63, 3.8) is 0 Å². The van der Waals surface area contributed by atoms with Gasteiger partial charge in [0, 0.05) is 18.6 Å². The molecule has 122 valence electrons. The van der Waals surface area contributed by atoms with Crippen molar-refractivity contribution in [2.45, 2.75) is 71.9 Å². The van der Waals surface area contributed by atoms with Crippen LogP contribution in [0.3, 0.4) is 0 Å². The fourth-order valence-electron chi connectivity index (χ4n) is 2.68. The van der Waals surface area contributed by atoms with E-state index in [1.165, 1.54) is 12.8 Å². The van der Waals surface area contributed by atoms with E-state index >= 15 is 0 Å². The van der Waals surface area contributed by atoms with E-state index in [2.05, 4.69) is 19.2 Å². The van der Waals surface area contributed by atoms with Crippen molar-refractivity contribution < 1.29 is 14.7 Å². The second-order valence-corrected chi connectivity index (χ2v) is 6.68. The molecule has 0 saturated heterocycles. The van der Waals surface area contributed by atoms with Gasteiger partial charge in [-0.3, -0.25) is 4.79 Å². The fourth-order valence-corrected chi connectivity index (χ4v) is 2.68. The number of nitrogens with zero attached hydrogens (tertiary/aromatic N) is 1. The number of hydrogen-bond donors (Lipinski definition) is 2.